The third-order valence-electron chi connectivity index (χ3n) is 2.43. The highest BCUT2D eigenvalue weighted by molar-refractivity contribution is 5.99. The van der Waals surface area contributed by atoms with Crippen molar-refractivity contribution >= 4 is 18.2 Å². The van der Waals surface area contributed by atoms with Gasteiger partial charge in [0.15, 0.2) is 5.78 Å². The van der Waals surface area contributed by atoms with Crippen LogP contribution >= 0.6 is 12.4 Å². The molecule has 0 aromatic heterocycles. The van der Waals surface area contributed by atoms with E-state index in [0.29, 0.717) is 0 Å². The molecule has 0 amide bonds. The van der Waals surface area contributed by atoms with E-state index >= 15 is 0 Å². The predicted octanol–water partition coefficient (Wildman–Crippen LogP) is 3.07. The highest BCUT2D eigenvalue weighted by atomic mass is 35.5. The molecule has 0 aliphatic rings. The zero-order valence-electron chi connectivity index (χ0n) is 9.90. The lowest BCUT2D eigenvalue weighted by atomic mass is 10.1. The molecule has 0 saturated heterocycles. The number of ketones is 1. The van der Waals surface area contributed by atoms with Crippen molar-refractivity contribution in [2.75, 3.05) is 6.54 Å². The minimum absolute atomic E-state index is 0. The molecule has 1 aromatic rings. The first kappa shape index (κ1) is 15.1. The molecule has 2 nitrogen and oxygen atoms in total. The van der Waals surface area contributed by atoms with Crippen LogP contribution in [-0.4, -0.2) is 18.4 Å². The number of carbonyl (C=O) groups excluding carboxylic acids is 1. The highest BCUT2D eigenvalue weighted by Gasteiger charge is 2.13. The second-order valence-electron chi connectivity index (χ2n) is 3.76. The largest absolute Gasteiger partial charge is 0.307 e. The molecule has 90 valence electrons. The van der Waals surface area contributed by atoms with Crippen LogP contribution in [-0.2, 0) is 0 Å². The van der Waals surface area contributed by atoms with Gasteiger partial charge in [-0.15, -0.1) is 12.4 Å². The normalized spacial score (nSPS) is 11.6. The second-order valence-corrected chi connectivity index (χ2v) is 3.76. The van der Waals surface area contributed by atoms with Gasteiger partial charge in [0, 0.05) is 5.56 Å². The van der Waals surface area contributed by atoms with Gasteiger partial charge >= 0.3 is 0 Å². The number of carbonyl (C=O) groups is 1. The Hall–Kier alpha value is -0.860. The van der Waals surface area contributed by atoms with Crippen LogP contribution in [0.15, 0.2) is 30.3 Å². The van der Waals surface area contributed by atoms with Crippen LogP contribution in [0.25, 0.3) is 0 Å². The fraction of sp³-hybridized carbons (Fsp3) is 0.462. The molecule has 0 aliphatic carbocycles. The fourth-order valence-corrected chi connectivity index (χ4v) is 1.44. The zero-order chi connectivity index (χ0) is 11.1. The van der Waals surface area contributed by atoms with Crippen molar-refractivity contribution in [2.24, 2.45) is 0 Å². The van der Waals surface area contributed by atoms with Gasteiger partial charge in [-0.3, -0.25) is 4.79 Å². The summed E-state index contributed by atoms with van der Waals surface area (Å²) in [7, 11) is 0. The van der Waals surface area contributed by atoms with Gasteiger partial charge in [0.25, 0.3) is 0 Å². The Labute approximate surface area is 104 Å². The van der Waals surface area contributed by atoms with Crippen molar-refractivity contribution in [1.29, 1.82) is 0 Å². The van der Waals surface area contributed by atoms with Crippen LogP contribution < -0.4 is 5.32 Å². The van der Waals surface area contributed by atoms with Crippen LogP contribution in [0.5, 0.6) is 0 Å². The standard InChI is InChI=1S/C13H19NO.ClH/c1-3-4-10-14-11(2)13(15)12-8-6-5-7-9-12;/h5-9,11,14H,3-4,10H2,1-2H3;1H. The summed E-state index contributed by atoms with van der Waals surface area (Å²) in [6.45, 7) is 4.98. The molecule has 3 heteroatoms. The van der Waals surface area contributed by atoms with E-state index in [1.165, 1.54) is 0 Å². The van der Waals surface area contributed by atoms with E-state index in [-0.39, 0.29) is 24.2 Å². The van der Waals surface area contributed by atoms with E-state index < -0.39 is 0 Å². The Bertz CT molecular complexity index is 300. The Morgan fingerprint density at radius 1 is 1.31 bits per heavy atom. The first-order valence-corrected chi connectivity index (χ1v) is 5.58. The van der Waals surface area contributed by atoms with E-state index in [1.54, 1.807) is 0 Å². The number of hydrogen-bond acceptors (Lipinski definition) is 2. The van der Waals surface area contributed by atoms with Crippen molar-refractivity contribution in [3.63, 3.8) is 0 Å². The number of halogens is 1. The van der Waals surface area contributed by atoms with Crippen molar-refractivity contribution in [1.82, 2.24) is 5.32 Å². The van der Waals surface area contributed by atoms with E-state index in [4.69, 9.17) is 0 Å². The molecular weight excluding hydrogens is 222 g/mol. The third kappa shape index (κ3) is 4.77. The Morgan fingerprint density at radius 2 is 1.94 bits per heavy atom. The van der Waals surface area contributed by atoms with Gasteiger partial charge in [-0.25, -0.2) is 0 Å². The molecule has 1 aromatic carbocycles. The first-order valence-electron chi connectivity index (χ1n) is 5.58. The molecule has 0 fully saturated rings. The second kappa shape index (κ2) is 8.31. The minimum Gasteiger partial charge on any atom is -0.307 e. The average molecular weight is 242 g/mol. The van der Waals surface area contributed by atoms with Crippen molar-refractivity contribution in [3.8, 4) is 0 Å². The Balaban J connectivity index is 0.00000225. The molecule has 1 unspecified atom stereocenters. The van der Waals surface area contributed by atoms with E-state index in [0.717, 1.165) is 24.9 Å². The SMILES string of the molecule is CCCCNC(C)C(=O)c1ccccc1.Cl. The molecule has 0 spiro atoms. The maximum atomic E-state index is 11.9. The van der Waals surface area contributed by atoms with Crippen LogP contribution in [0.3, 0.4) is 0 Å². The van der Waals surface area contributed by atoms with Crippen LogP contribution in [0.2, 0.25) is 0 Å². The molecule has 0 bridgehead atoms. The monoisotopic (exact) mass is 241 g/mol. The lowest BCUT2D eigenvalue weighted by Gasteiger charge is -2.12. The van der Waals surface area contributed by atoms with Gasteiger partial charge in [0.1, 0.15) is 0 Å². The number of nitrogens with one attached hydrogen (secondary N) is 1. The van der Waals surface area contributed by atoms with Gasteiger partial charge in [0.05, 0.1) is 6.04 Å². The van der Waals surface area contributed by atoms with Gasteiger partial charge in [-0.2, -0.15) is 0 Å². The Morgan fingerprint density at radius 3 is 2.50 bits per heavy atom. The quantitative estimate of drug-likeness (QED) is 0.613. The number of benzene rings is 1. The minimum atomic E-state index is -0.0843. The lowest BCUT2D eigenvalue weighted by Crippen LogP contribution is -2.34. The van der Waals surface area contributed by atoms with Crippen LogP contribution in [0.4, 0.5) is 0 Å². The molecule has 0 heterocycles. The molecule has 1 rings (SSSR count). The number of Topliss-reactive ketones (excluding diaryl/α,β-unsaturated/α-hetero) is 1. The van der Waals surface area contributed by atoms with E-state index in [9.17, 15) is 4.79 Å². The lowest BCUT2D eigenvalue weighted by molar-refractivity contribution is 0.0951. The van der Waals surface area contributed by atoms with Crippen molar-refractivity contribution in [2.45, 2.75) is 32.7 Å². The van der Waals surface area contributed by atoms with Crippen LogP contribution in [0.1, 0.15) is 37.0 Å². The smallest absolute Gasteiger partial charge is 0.179 e. The van der Waals surface area contributed by atoms with E-state index in [1.807, 2.05) is 37.3 Å². The van der Waals surface area contributed by atoms with Gasteiger partial charge in [-0.05, 0) is 19.9 Å². The zero-order valence-corrected chi connectivity index (χ0v) is 10.7. The summed E-state index contributed by atoms with van der Waals surface area (Å²) >= 11 is 0. The summed E-state index contributed by atoms with van der Waals surface area (Å²) in [5.41, 5.74) is 0.786. The topological polar surface area (TPSA) is 29.1 Å². The molecule has 1 N–H and O–H groups in total. The fourth-order valence-electron chi connectivity index (χ4n) is 1.44. The number of hydrogen-bond donors (Lipinski definition) is 1. The van der Waals surface area contributed by atoms with Crippen molar-refractivity contribution in [3.05, 3.63) is 35.9 Å². The number of unbranched alkanes of at least 4 members (excludes halogenated alkanes) is 1. The average Bonchev–Trinajstić information content (AvgIpc) is 2.29. The highest BCUT2D eigenvalue weighted by Crippen LogP contribution is 2.03. The molecule has 1 atom stereocenters. The van der Waals surface area contributed by atoms with Crippen molar-refractivity contribution < 1.29 is 4.79 Å². The predicted molar refractivity (Wildman–Crippen MR) is 70.4 cm³/mol. The van der Waals surface area contributed by atoms with E-state index in [2.05, 4.69) is 12.2 Å². The molecular formula is C13H20ClNO. The molecule has 0 radical (unpaired) electrons. The number of rotatable bonds is 6. The molecule has 0 aliphatic heterocycles. The van der Waals surface area contributed by atoms with Gasteiger partial charge in [0.2, 0.25) is 0 Å². The summed E-state index contributed by atoms with van der Waals surface area (Å²) in [6.07, 6.45) is 2.27. The third-order valence-corrected chi connectivity index (χ3v) is 2.43. The molecule has 0 saturated carbocycles. The summed E-state index contributed by atoms with van der Waals surface area (Å²) < 4.78 is 0. The maximum absolute atomic E-state index is 11.9. The Kier molecular flexibility index (Phi) is 7.86. The van der Waals surface area contributed by atoms with Gasteiger partial charge < -0.3 is 5.32 Å². The molecule has 16 heavy (non-hydrogen) atoms. The first-order chi connectivity index (χ1) is 7.25. The van der Waals surface area contributed by atoms with Gasteiger partial charge in [-0.1, -0.05) is 43.7 Å². The summed E-state index contributed by atoms with van der Waals surface area (Å²) in [6, 6.07) is 9.35. The summed E-state index contributed by atoms with van der Waals surface area (Å²) in [5.74, 6) is 0.173. The van der Waals surface area contributed by atoms with Crippen LogP contribution in [0, 0.1) is 0 Å². The summed E-state index contributed by atoms with van der Waals surface area (Å²) in [5, 5.41) is 3.23. The maximum Gasteiger partial charge on any atom is 0.179 e. The summed E-state index contributed by atoms with van der Waals surface area (Å²) in [4.78, 5) is 11.9.